The van der Waals surface area contributed by atoms with Gasteiger partial charge in [0.25, 0.3) is 0 Å². The molecule has 156 valence electrons. The molecule has 3 aromatic rings. The molecular formula is C22H15ClFN3O4. The lowest BCUT2D eigenvalue weighted by Crippen LogP contribution is -2.32. The van der Waals surface area contributed by atoms with Crippen molar-refractivity contribution >= 4 is 41.3 Å². The van der Waals surface area contributed by atoms with Crippen molar-refractivity contribution in [2.24, 2.45) is 5.10 Å². The van der Waals surface area contributed by atoms with Gasteiger partial charge in [0.15, 0.2) is 0 Å². The summed E-state index contributed by atoms with van der Waals surface area (Å²) in [5, 5.41) is 6.23. The molecular weight excluding hydrogens is 425 g/mol. The maximum atomic E-state index is 13.5. The summed E-state index contributed by atoms with van der Waals surface area (Å²) in [5.41, 5.74) is 2.70. The molecule has 0 atom stereocenters. The Morgan fingerprint density at radius 3 is 2.48 bits per heavy atom. The molecule has 2 N–H and O–H groups in total. The van der Waals surface area contributed by atoms with Crippen LogP contribution in [0.4, 0.5) is 10.1 Å². The van der Waals surface area contributed by atoms with Crippen molar-refractivity contribution in [2.75, 3.05) is 5.32 Å². The summed E-state index contributed by atoms with van der Waals surface area (Å²) in [7, 11) is 0. The van der Waals surface area contributed by atoms with Crippen LogP contribution in [0.5, 0.6) is 5.75 Å². The zero-order valence-electron chi connectivity index (χ0n) is 15.8. The second-order valence-corrected chi connectivity index (χ2v) is 6.54. The lowest BCUT2D eigenvalue weighted by molar-refractivity contribution is -0.136. The van der Waals surface area contributed by atoms with Crippen LogP contribution in [0.3, 0.4) is 0 Å². The van der Waals surface area contributed by atoms with Crippen molar-refractivity contribution in [3.05, 3.63) is 94.8 Å². The van der Waals surface area contributed by atoms with E-state index < -0.39 is 23.6 Å². The average Bonchev–Trinajstić information content (AvgIpc) is 2.75. The summed E-state index contributed by atoms with van der Waals surface area (Å²) >= 11 is 5.87. The molecule has 3 rings (SSSR count). The fourth-order valence-corrected chi connectivity index (χ4v) is 2.59. The van der Waals surface area contributed by atoms with Crippen LogP contribution < -0.4 is 15.5 Å². The molecule has 0 saturated heterocycles. The second kappa shape index (κ2) is 10.1. The van der Waals surface area contributed by atoms with E-state index in [-0.39, 0.29) is 11.4 Å². The number of carbonyl (C=O) groups excluding carboxylic acids is 3. The highest BCUT2D eigenvalue weighted by molar-refractivity contribution is 6.39. The molecule has 2 amide bonds. The number of benzene rings is 3. The summed E-state index contributed by atoms with van der Waals surface area (Å²) in [6.07, 6.45) is 1.25. The Morgan fingerprint density at radius 1 is 0.935 bits per heavy atom. The number of amides is 2. The molecule has 0 aliphatic carbocycles. The van der Waals surface area contributed by atoms with E-state index >= 15 is 0 Å². The number of carbonyl (C=O) groups is 3. The van der Waals surface area contributed by atoms with Gasteiger partial charge < -0.3 is 10.1 Å². The van der Waals surface area contributed by atoms with Gasteiger partial charge in [0, 0.05) is 5.02 Å². The quantitative estimate of drug-likeness (QED) is 0.208. The average molecular weight is 440 g/mol. The van der Waals surface area contributed by atoms with Crippen molar-refractivity contribution in [3.8, 4) is 5.75 Å². The van der Waals surface area contributed by atoms with Crippen molar-refractivity contribution in [1.82, 2.24) is 5.43 Å². The van der Waals surface area contributed by atoms with Crippen LogP contribution in [0.2, 0.25) is 5.02 Å². The SMILES string of the molecule is O=C(N/N=C/c1cccc(OC(=O)c2cccc(Cl)c2)c1)C(=O)Nc1ccccc1F. The zero-order valence-corrected chi connectivity index (χ0v) is 16.6. The molecule has 7 nitrogen and oxygen atoms in total. The van der Waals surface area contributed by atoms with Crippen LogP contribution in [0.25, 0.3) is 0 Å². The van der Waals surface area contributed by atoms with E-state index in [1.807, 2.05) is 5.43 Å². The van der Waals surface area contributed by atoms with Gasteiger partial charge in [-0.15, -0.1) is 0 Å². The van der Waals surface area contributed by atoms with Crippen LogP contribution in [0.15, 0.2) is 77.9 Å². The third-order valence-electron chi connectivity index (χ3n) is 3.84. The van der Waals surface area contributed by atoms with Gasteiger partial charge in [-0.3, -0.25) is 9.59 Å². The fourth-order valence-electron chi connectivity index (χ4n) is 2.40. The molecule has 3 aromatic carbocycles. The number of halogens is 2. The van der Waals surface area contributed by atoms with Crippen LogP contribution in [0.1, 0.15) is 15.9 Å². The summed E-state index contributed by atoms with van der Waals surface area (Å²) in [4.78, 5) is 35.8. The fraction of sp³-hybridized carbons (Fsp3) is 0. The Labute approximate surface area is 181 Å². The van der Waals surface area contributed by atoms with E-state index in [1.54, 1.807) is 36.4 Å². The first-order valence-electron chi connectivity index (χ1n) is 8.89. The van der Waals surface area contributed by atoms with E-state index in [0.29, 0.717) is 16.1 Å². The number of rotatable bonds is 5. The highest BCUT2D eigenvalue weighted by Gasteiger charge is 2.14. The van der Waals surface area contributed by atoms with E-state index in [0.717, 1.165) is 6.07 Å². The second-order valence-electron chi connectivity index (χ2n) is 6.11. The highest BCUT2D eigenvalue weighted by Crippen LogP contribution is 2.16. The van der Waals surface area contributed by atoms with E-state index in [9.17, 15) is 18.8 Å². The summed E-state index contributed by atoms with van der Waals surface area (Å²) in [6.45, 7) is 0. The number of esters is 1. The first-order chi connectivity index (χ1) is 14.9. The molecule has 0 aliphatic rings. The Kier molecular flexibility index (Phi) is 7.08. The number of anilines is 1. The van der Waals surface area contributed by atoms with Crippen LogP contribution in [-0.2, 0) is 9.59 Å². The Balaban J connectivity index is 1.57. The number of ether oxygens (including phenoxy) is 1. The van der Waals surface area contributed by atoms with Crippen LogP contribution in [0, 0.1) is 5.82 Å². The summed E-state index contributed by atoms with van der Waals surface area (Å²) in [6, 6.07) is 18.1. The smallest absolute Gasteiger partial charge is 0.343 e. The topological polar surface area (TPSA) is 96.9 Å². The number of nitrogens with zero attached hydrogens (tertiary/aromatic N) is 1. The minimum Gasteiger partial charge on any atom is -0.423 e. The van der Waals surface area contributed by atoms with Gasteiger partial charge >= 0.3 is 17.8 Å². The van der Waals surface area contributed by atoms with Gasteiger partial charge in [-0.25, -0.2) is 14.6 Å². The van der Waals surface area contributed by atoms with Gasteiger partial charge in [0.2, 0.25) is 0 Å². The minimum atomic E-state index is -1.08. The maximum absolute atomic E-state index is 13.5. The molecule has 0 fully saturated rings. The van der Waals surface area contributed by atoms with Gasteiger partial charge in [-0.2, -0.15) is 5.10 Å². The van der Waals surface area contributed by atoms with Crippen molar-refractivity contribution in [1.29, 1.82) is 0 Å². The molecule has 0 aliphatic heterocycles. The molecule has 31 heavy (non-hydrogen) atoms. The van der Waals surface area contributed by atoms with Crippen molar-refractivity contribution in [3.63, 3.8) is 0 Å². The van der Waals surface area contributed by atoms with E-state index in [4.69, 9.17) is 16.3 Å². The molecule has 0 bridgehead atoms. The Morgan fingerprint density at radius 2 is 1.71 bits per heavy atom. The molecule has 0 radical (unpaired) electrons. The first kappa shape index (κ1) is 21.7. The predicted octanol–water partition coefficient (Wildman–Crippen LogP) is 3.79. The maximum Gasteiger partial charge on any atom is 0.343 e. The largest absolute Gasteiger partial charge is 0.423 e. The van der Waals surface area contributed by atoms with Crippen LogP contribution in [-0.4, -0.2) is 24.0 Å². The molecule has 0 saturated carbocycles. The number of hydrazone groups is 1. The monoisotopic (exact) mass is 439 g/mol. The molecule has 0 aromatic heterocycles. The molecule has 9 heteroatoms. The van der Waals surface area contributed by atoms with Gasteiger partial charge in [-0.1, -0.05) is 41.9 Å². The third kappa shape index (κ3) is 6.22. The van der Waals surface area contributed by atoms with E-state index in [1.165, 1.54) is 36.5 Å². The number of nitrogens with one attached hydrogen (secondary N) is 2. The number of hydrogen-bond donors (Lipinski definition) is 2. The van der Waals surface area contributed by atoms with Crippen molar-refractivity contribution in [2.45, 2.75) is 0 Å². The lowest BCUT2D eigenvalue weighted by Gasteiger charge is -2.06. The molecule has 0 unspecified atom stereocenters. The normalized spacial score (nSPS) is 10.5. The number of para-hydroxylation sites is 1. The zero-order chi connectivity index (χ0) is 22.2. The Bertz CT molecular complexity index is 1170. The van der Waals surface area contributed by atoms with Crippen LogP contribution >= 0.6 is 11.6 Å². The Hall–Kier alpha value is -4.04. The van der Waals surface area contributed by atoms with E-state index in [2.05, 4.69) is 10.4 Å². The highest BCUT2D eigenvalue weighted by atomic mass is 35.5. The first-order valence-corrected chi connectivity index (χ1v) is 9.27. The molecule has 0 spiro atoms. The van der Waals surface area contributed by atoms with Gasteiger partial charge in [0.05, 0.1) is 17.5 Å². The third-order valence-corrected chi connectivity index (χ3v) is 4.07. The lowest BCUT2D eigenvalue weighted by atomic mass is 10.2. The predicted molar refractivity (Wildman–Crippen MR) is 114 cm³/mol. The summed E-state index contributed by atoms with van der Waals surface area (Å²) in [5.74, 6) is -3.17. The van der Waals surface area contributed by atoms with Gasteiger partial charge in [-0.05, 0) is 48.0 Å². The molecule has 0 heterocycles. The standard InChI is InChI=1S/C22H15ClFN3O4/c23-16-7-4-6-15(12-16)22(30)31-17-8-3-5-14(11-17)13-25-27-21(29)20(28)26-19-10-2-1-9-18(19)24/h1-13H,(H,26,28)(H,27,29)/b25-13+. The van der Waals surface area contributed by atoms with Gasteiger partial charge in [0.1, 0.15) is 11.6 Å². The van der Waals surface area contributed by atoms with Crippen molar-refractivity contribution < 1.29 is 23.5 Å². The minimum absolute atomic E-state index is 0.124. The summed E-state index contributed by atoms with van der Waals surface area (Å²) < 4.78 is 18.8. The number of hydrogen-bond acceptors (Lipinski definition) is 5.